The molecule has 0 aliphatic carbocycles. The van der Waals surface area contributed by atoms with Crippen molar-refractivity contribution in [2.24, 2.45) is 5.92 Å². The van der Waals surface area contributed by atoms with Crippen LogP contribution >= 0.6 is 0 Å². The molecular formula is C11H14O6. The first kappa shape index (κ1) is 13.2. The molecule has 0 amide bonds. The zero-order valence-corrected chi connectivity index (χ0v) is 9.73. The Bertz CT molecular complexity index is 359. The first-order chi connectivity index (χ1) is 7.97. The van der Waals surface area contributed by atoms with Crippen LogP contribution < -0.4 is 0 Å². The fourth-order valence-electron chi connectivity index (χ4n) is 1.32. The predicted molar refractivity (Wildman–Crippen MR) is 55.8 cm³/mol. The van der Waals surface area contributed by atoms with Crippen LogP contribution in [0.3, 0.4) is 0 Å². The molecule has 0 aromatic rings. The second kappa shape index (κ2) is 5.47. The van der Waals surface area contributed by atoms with E-state index in [0.29, 0.717) is 0 Å². The van der Waals surface area contributed by atoms with Gasteiger partial charge in [0.15, 0.2) is 12.0 Å². The summed E-state index contributed by atoms with van der Waals surface area (Å²) in [4.78, 5) is 34.1. The molecule has 0 aromatic carbocycles. The van der Waals surface area contributed by atoms with Gasteiger partial charge in [-0.2, -0.15) is 0 Å². The number of hydrogen-bond acceptors (Lipinski definition) is 6. The highest BCUT2D eigenvalue weighted by Crippen LogP contribution is 2.21. The Morgan fingerprint density at radius 3 is 2.71 bits per heavy atom. The molecule has 17 heavy (non-hydrogen) atoms. The number of cyclic esters (lactones) is 1. The minimum Gasteiger partial charge on any atom is -0.465 e. The van der Waals surface area contributed by atoms with Crippen molar-refractivity contribution in [1.82, 2.24) is 0 Å². The summed E-state index contributed by atoms with van der Waals surface area (Å²) in [6.07, 6.45) is -0.939. The van der Waals surface area contributed by atoms with Crippen LogP contribution in [0.5, 0.6) is 0 Å². The quantitative estimate of drug-likeness (QED) is 0.303. The molecule has 0 N–H and O–H groups in total. The maximum absolute atomic E-state index is 11.5. The topological polar surface area (TPSA) is 78.9 Å². The van der Waals surface area contributed by atoms with Crippen molar-refractivity contribution in [1.29, 1.82) is 0 Å². The number of rotatable bonds is 4. The second-order valence-electron chi connectivity index (χ2n) is 3.58. The lowest BCUT2D eigenvalue weighted by atomic mass is 10.1. The van der Waals surface area contributed by atoms with E-state index in [9.17, 15) is 14.4 Å². The molecular weight excluding hydrogens is 228 g/mol. The molecule has 0 radical (unpaired) electrons. The summed E-state index contributed by atoms with van der Waals surface area (Å²) in [6, 6.07) is 0. The van der Waals surface area contributed by atoms with Crippen molar-refractivity contribution in [2.45, 2.75) is 20.0 Å². The molecule has 1 rings (SSSR count). The maximum atomic E-state index is 11.5. The molecule has 1 fully saturated rings. The Morgan fingerprint density at radius 2 is 2.18 bits per heavy atom. The number of carbonyl (C=O) groups is 3. The van der Waals surface area contributed by atoms with Crippen LogP contribution in [0.1, 0.15) is 13.8 Å². The summed E-state index contributed by atoms with van der Waals surface area (Å²) in [7, 11) is 0. The third kappa shape index (κ3) is 3.05. The minimum absolute atomic E-state index is 0.138. The Morgan fingerprint density at radius 1 is 1.53 bits per heavy atom. The number of hydrogen-bond donors (Lipinski definition) is 0. The van der Waals surface area contributed by atoms with Crippen molar-refractivity contribution in [3.63, 3.8) is 0 Å². The Labute approximate surface area is 98.5 Å². The molecule has 0 bridgehead atoms. The van der Waals surface area contributed by atoms with Crippen LogP contribution in [-0.2, 0) is 28.6 Å². The molecule has 2 atom stereocenters. The monoisotopic (exact) mass is 242 g/mol. The van der Waals surface area contributed by atoms with Crippen LogP contribution in [0.25, 0.3) is 0 Å². The van der Waals surface area contributed by atoms with Gasteiger partial charge in [-0.1, -0.05) is 6.58 Å². The van der Waals surface area contributed by atoms with Gasteiger partial charge in [-0.15, -0.1) is 0 Å². The number of carbonyl (C=O) groups excluding carboxylic acids is 3. The number of esters is 3. The van der Waals surface area contributed by atoms with E-state index in [2.05, 4.69) is 11.3 Å². The van der Waals surface area contributed by atoms with E-state index in [0.717, 1.165) is 0 Å². The fourth-order valence-corrected chi connectivity index (χ4v) is 1.32. The van der Waals surface area contributed by atoms with Gasteiger partial charge in [0, 0.05) is 5.57 Å². The second-order valence-corrected chi connectivity index (χ2v) is 3.58. The molecule has 1 saturated heterocycles. The first-order valence-corrected chi connectivity index (χ1v) is 5.17. The highest BCUT2D eigenvalue weighted by Gasteiger charge is 2.46. The smallest absolute Gasteiger partial charge is 0.333 e. The average molecular weight is 242 g/mol. The molecule has 0 spiro atoms. The summed E-state index contributed by atoms with van der Waals surface area (Å²) in [5, 5.41) is 0. The molecule has 94 valence electrons. The molecule has 2 unspecified atom stereocenters. The zero-order chi connectivity index (χ0) is 13.0. The van der Waals surface area contributed by atoms with E-state index < -0.39 is 29.9 Å². The van der Waals surface area contributed by atoms with Gasteiger partial charge in [0.05, 0.1) is 6.61 Å². The van der Waals surface area contributed by atoms with Crippen LogP contribution in [0.4, 0.5) is 0 Å². The number of ether oxygens (including phenoxy) is 3. The van der Waals surface area contributed by atoms with E-state index in [-0.39, 0.29) is 18.8 Å². The van der Waals surface area contributed by atoms with Gasteiger partial charge < -0.3 is 14.2 Å². The lowest BCUT2D eigenvalue weighted by Crippen LogP contribution is -2.34. The van der Waals surface area contributed by atoms with Crippen LogP contribution in [0.2, 0.25) is 0 Å². The minimum atomic E-state index is -1.20. The first-order valence-electron chi connectivity index (χ1n) is 5.17. The highest BCUT2D eigenvalue weighted by atomic mass is 16.6. The molecule has 0 saturated carbocycles. The summed E-state index contributed by atoms with van der Waals surface area (Å²) < 4.78 is 14.3. The van der Waals surface area contributed by atoms with E-state index in [1.807, 2.05) is 0 Å². The van der Waals surface area contributed by atoms with Crippen molar-refractivity contribution < 1.29 is 28.6 Å². The van der Waals surface area contributed by atoms with E-state index in [1.54, 1.807) is 6.92 Å². The van der Waals surface area contributed by atoms with Crippen molar-refractivity contribution in [3.05, 3.63) is 12.2 Å². The Kier molecular flexibility index (Phi) is 4.25. The van der Waals surface area contributed by atoms with Gasteiger partial charge in [-0.05, 0) is 13.8 Å². The van der Waals surface area contributed by atoms with Crippen molar-refractivity contribution in [3.8, 4) is 0 Å². The predicted octanol–water partition coefficient (Wildman–Crippen LogP) is 0.210. The molecule has 0 aromatic heterocycles. The maximum Gasteiger partial charge on any atom is 0.333 e. The van der Waals surface area contributed by atoms with Crippen molar-refractivity contribution in [2.75, 3.05) is 13.2 Å². The average Bonchev–Trinajstić information content (AvgIpc) is 2.60. The molecule has 6 nitrogen and oxygen atoms in total. The van der Waals surface area contributed by atoms with Crippen molar-refractivity contribution >= 4 is 17.9 Å². The van der Waals surface area contributed by atoms with E-state index in [1.165, 1.54) is 6.92 Å². The van der Waals surface area contributed by atoms with Gasteiger partial charge in [0.25, 0.3) is 0 Å². The Balaban J connectivity index is 2.71. The molecule has 1 heterocycles. The van der Waals surface area contributed by atoms with Gasteiger partial charge in [-0.3, -0.25) is 9.59 Å². The Hall–Kier alpha value is -1.85. The van der Waals surface area contributed by atoms with Gasteiger partial charge in [-0.25, -0.2) is 4.79 Å². The van der Waals surface area contributed by atoms with E-state index in [4.69, 9.17) is 9.47 Å². The van der Waals surface area contributed by atoms with Crippen LogP contribution in [0, 0.1) is 5.92 Å². The van der Waals surface area contributed by atoms with Gasteiger partial charge >= 0.3 is 17.9 Å². The largest absolute Gasteiger partial charge is 0.465 e. The van der Waals surface area contributed by atoms with Gasteiger partial charge in [0.1, 0.15) is 6.61 Å². The summed E-state index contributed by atoms with van der Waals surface area (Å²) in [5.74, 6) is -3.33. The van der Waals surface area contributed by atoms with E-state index >= 15 is 0 Å². The third-order valence-corrected chi connectivity index (χ3v) is 2.16. The standard InChI is InChI=1S/C11H14O6/c1-4-15-10(13)8-7(5-16-11(8)14)17-9(12)6(2)3/h7-8H,2,4-5H2,1,3H3. The van der Waals surface area contributed by atoms with Gasteiger partial charge in [0.2, 0.25) is 0 Å². The van der Waals surface area contributed by atoms with Crippen LogP contribution in [-0.4, -0.2) is 37.2 Å². The summed E-state index contributed by atoms with van der Waals surface area (Å²) >= 11 is 0. The van der Waals surface area contributed by atoms with Crippen LogP contribution in [0.15, 0.2) is 12.2 Å². The molecule has 6 heteroatoms. The normalized spacial score (nSPS) is 22.8. The third-order valence-electron chi connectivity index (χ3n) is 2.16. The highest BCUT2D eigenvalue weighted by molar-refractivity contribution is 5.97. The summed E-state index contributed by atoms with van der Waals surface area (Å²) in [5.41, 5.74) is 0.187. The lowest BCUT2D eigenvalue weighted by Gasteiger charge is -2.14. The summed E-state index contributed by atoms with van der Waals surface area (Å²) in [6.45, 7) is 6.50. The lowest BCUT2D eigenvalue weighted by molar-refractivity contribution is -0.160. The molecule has 1 aliphatic rings. The zero-order valence-electron chi connectivity index (χ0n) is 9.73. The fraction of sp³-hybridized carbons (Fsp3) is 0.545. The molecule has 1 aliphatic heterocycles. The SMILES string of the molecule is C=C(C)C(=O)OC1COC(=O)C1C(=O)OCC.